The van der Waals surface area contributed by atoms with Gasteiger partial charge in [0.25, 0.3) is 0 Å². The molecule has 0 aliphatic heterocycles. The lowest BCUT2D eigenvalue weighted by Gasteiger charge is -1.99. The molecule has 0 bridgehead atoms. The largest absolute Gasteiger partial charge is 0.396 e. The number of pyridine rings is 1. The molecule has 1 aromatic rings. The third kappa shape index (κ3) is 1.65. The third-order valence-corrected chi connectivity index (χ3v) is 1.32. The van der Waals surface area contributed by atoms with E-state index in [0.29, 0.717) is 16.9 Å². The topological polar surface area (TPSA) is 85.2 Å². The van der Waals surface area contributed by atoms with E-state index in [-0.39, 0.29) is 6.61 Å². The van der Waals surface area contributed by atoms with Crippen LogP contribution >= 0.6 is 0 Å². The molecule has 1 heterocycles. The summed E-state index contributed by atoms with van der Waals surface area (Å²) in [6, 6.07) is 0. The molecule has 12 heavy (non-hydrogen) atoms. The molecular formula is C8H9N3O. The van der Waals surface area contributed by atoms with E-state index < -0.39 is 0 Å². The molecule has 0 unspecified atom stereocenters. The summed E-state index contributed by atoms with van der Waals surface area (Å²) in [7, 11) is 0. The van der Waals surface area contributed by atoms with Crippen molar-refractivity contribution in [1.82, 2.24) is 4.98 Å². The molecule has 0 spiro atoms. The highest BCUT2D eigenvalue weighted by Gasteiger charge is 1.98. The number of hydrogen-bond donors (Lipinski definition) is 3. The summed E-state index contributed by atoms with van der Waals surface area (Å²) in [5.41, 5.74) is 12.4. The zero-order valence-electron chi connectivity index (χ0n) is 6.41. The van der Waals surface area contributed by atoms with Gasteiger partial charge in [-0.2, -0.15) is 0 Å². The summed E-state index contributed by atoms with van der Waals surface area (Å²) in [6.45, 7) is -0.200. The number of aliphatic hydroxyl groups is 1. The minimum atomic E-state index is -0.200. The molecule has 4 nitrogen and oxygen atoms in total. The first-order chi connectivity index (χ1) is 5.75. The molecule has 0 aliphatic carbocycles. The first-order valence-corrected chi connectivity index (χ1v) is 3.34. The fourth-order valence-electron chi connectivity index (χ4n) is 0.721. The molecule has 1 aromatic heterocycles. The van der Waals surface area contributed by atoms with Gasteiger partial charge in [0.05, 0.1) is 23.1 Å². The molecular weight excluding hydrogens is 154 g/mol. The number of aliphatic hydroxyl groups excluding tert-OH is 1. The van der Waals surface area contributed by atoms with Crippen LogP contribution < -0.4 is 11.5 Å². The molecule has 0 amide bonds. The lowest BCUT2D eigenvalue weighted by atomic mass is 10.2. The second kappa shape index (κ2) is 3.60. The van der Waals surface area contributed by atoms with Gasteiger partial charge >= 0.3 is 0 Å². The van der Waals surface area contributed by atoms with Crippen molar-refractivity contribution in [2.24, 2.45) is 0 Å². The highest BCUT2D eigenvalue weighted by atomic mass is 16.2. The summed E-state index contributed by atoms with van der Waals surface area (Å²) in [6.07, 6.45) is 2.97. The fourth-order valence-corrected chi connectivity index (χ4v) is 0.721. The fraction of sp³-hybridized carbons (Fsp3) is 0.125. The van der Waals surface area contributed by atoms with Crippen molar-refractivity contribution >= 4 is 11.4 Å². The zero-order chi connectivity index (χ0) is 8.97. The quantitative estimate of drug-likeness (QED) is 0.454. The van der Waals surface area contributed by atoms with Crippen molar-refractivity contribution in [1.29, 1.82) is 0 Å². The van der Waals surface area contributed by atoms with Crippen molar-refractivity contribution in [3.63, 3.8) is 0 Å². The Labute approximate surface area is 70.2 Å². The first kappa shape index (κ1) is 8.37. The van der Waals surface area contributed by atoms with Crippen LogP contribution in [0.5, 0.6) is 0 Å². The van der Waals surface area contributed by atoms with Crippen LogP contribution in [0.3, 0.4) is 0 Å². The van der Waals surface area contributed by atoms with E-state index in [4.69, 9.17) is 16.6 Å². The van der Waals surface area contributed by atoms with E-state index in [1.165, 1.54) is 12.4 Å². The van der Waals surface area contributed by atoms with E-state index >= 15 is 0 Å². The Morgan fingerprint density at radius 3 is 2.83 bits per heavy atom. The molecule has 0 radical (unpaired) electrons. The van der Waals surface area contributed by atoms with Gasteiger partial charge in [-0.3, -0.25) is 4.98 Å². The van der Waals surface area contributed by atoms with Gasteiger partial charge in [-0.25, -0.2) is 0 Å². The van der Waals surface area contributed by atoms with E-state index in [1.54, 1.807) is 0 Å². The van der Waals surface area contributed by atoms with Crippen molar-refractivity contribution < 1.29 is 5.11 Å². The third-order valence-electron chi connectivity index (χ3n) is 1.32. The van der Waals surface area contributed by atoms with Crippen molar-refractivity contribution in [2.45, 2.75) is 0 Å². The average Bonchev–Trinajstić information content (AvgIpc) is 2.08. The molecule has 0 saturated heterocycles. The lowest BCUT2D eigenvalue weighted by molar-refractivity contribution is 0.350. The molecule has 1 rings (SSSR count). The Balaban J connectivity index is 3.08. The van der Waals surface area contributed by atoms with E-state index in [2.05, 4.69) is 16.8 Å². The van der Waals surface area contributed by atoms with Crippen LogP contribution in [0.25, 0.3) is 0 Å². The van der Waals surface area contributed by atoms with Crippen LogP contribution in [-0.2, 0) is 0 Å². The van der Waals surface area contributed by atoms with Crippen molar-refractivity contribution in [3.05, 3.63) is 18.0 Å². The van der Waals surface area contributed by atoms with Gasteiger partial charge in [-0.05, 0) is 0 Å². The predicted octanol–water partition coefficient (Wildman–Crippen LogP) is -0.410. The van der Waals surface area contributed by atoms with E-state index in [0.717, 1.165) is 0 Å². The van der Waals surface area contributed by atoms with Crippen LogP contribution in [0.15, 0.2) is 12.4 Å². The summed E-state index contributed by atoms with van der Waals surface area (Å²) < 4.78 is 0. The van der Waals surface area contributed by atoms with Crippen LogP contribution in [0.4, 0.5) is 11.4 Å². The maximum Gasteiger partial charge on any atom is 0.104 e. The molecule has 0 atom stereocenters. The molecule has 0 fully saturated rings. The number of nitrogens with zero attached hydrogens (tertiary/aromatic N) is 1. The maximum absolute atomic E-state index is 8.42. The van der Waals surface area contributed by atoms with Gasteiger partial charge in [0.15, 0.2) is 0 Å². The van der Waals surface area contributed by atoms with Crippen LogP contribution in [0.2, 0.25) is 0 Å². The highest BCUT2D eigenvalue weighted by molar-refractivity contribution is 5.69. The molecule has 62 valence electrons. The maximum atomic E-state index is 8.42. The summed E-state index contributed by atoms with van der Waals surface area (Å²) >= 11 is 0. The number of aromatic nitrogens is 1. The Kier molecular flexibility index (Phi) is 2.51. The number of nitrogens with two attached hydrogens (primary N) is 2. The van der Waals surface area contributed by atoms with Crippen LogP contribution in [0, 0.1) is 11.8 Å². The second-order valence-electron chi connectivity index (χ2n) is 2.15. The van der Waals surface area contributed by atoms with Gasteiger partial charge < -0.3 is 16.6 Å². The van der Waals surface area contributed by atoms with Gasteiger partial charge in [-0.15, -0.1) is 0 Å². The number of anilines is 2. The highest BCUT2D eigenvalue weighted by Crippen LogP contribution is 2.15. The normalized spacial score (nSPS) is 8.75. The summed E-state index contributed by atoms with van der Waals surface area (Å²) in [5.74, 6) is 5.10. The lowest BCUT2D eigenvalue weighted by Crippen LogP contribution is -1.98. The molecule has 0 saturated carbocycles. The van der Waals surface area contributed by atoms with Gasteiger partial charge in [0.2, 0.25) is 0 Å². The Hall–Kier alpha value is -1.73. The molecule has 0 aliphatic rings. The standard InChI is InChI=1S/C8H9N3O/c9-7-5-11-4-6(8(7)10)2-1-3-12/h4-5,12H,3,9H2,(H2,10,11). The Morgan fingerprint density at radius 1 is 1.42 bits per heavy atom. The van der Waals surface area contributed by atoms with Gasteiger partial charge in [-0.1, -0.05) is 11.8 Å². The number of hydrogen-bond acceptors (Lipinski definition) is 4. The Morgan fingerprint density at radius 2 is 2.17 bits per heavy atom. The first-order valence-electron chi connectivity index (χ1n) is 3.34. The summed E-state index contributed by atoms with van der Waals surface area (Å²) in [4.78, 5) is 3.81. The van der Waals surface area contributed by atoms with Crippen molar-refractivity contribution in [3.8, 4) is 11.8 Å². The molecule has 0 aromatic carbocycles. The predicted molar refractivity (Wildman–Crippen MR) is 47.0 cm³/mol. The average molecular weight is 163 g/mol. The monoisotopic (exact) mass is 163 g/mol. The van der Waals surface area contributed by atoms with Crippen LogP contribution in [-0.4, -0.2) is 16.7 Å². The minimum absolute atomic E-state index is 0.200. The number of rotatable bonds is 0. The smallest absolute Gasteiger partial charge is 0.104 e. The SMILES string of the molecule is Nc1cncc(C#CCO)c1N. The van der Waals surface area contributed by atoms with Crippen molar-refractivity contribution in [2.75, 3.05) is 18.1 Å². The van der Waals surface area contributed by atoms with E-state index in [9.17, 15) is 0 Å². The number of nitrogen functional groups attached to an aromatic ring is 2. The Bertz CT molecular complexity index is 338. The zero-order valence-corrected chi connectivity index (χ0v) is 6.41. The second-order valence-corrected chi connectivity index (χ2v) is 2.15. The van der Waals surface area contributed by atoms with E-state index in [1.807, 2.05) is 0 Å². The molecule has 4 heteroatoms. The summed E-state index contributed by atoms with van der Waals surface area (Å²) in [5, 5.41) is 8.42. The van der Waals surface area contributed by atoms with Crippen LogP contribution in [0.1, 0.15) is 5.56 Å². The van der Waals surface area contributed by atoms with Gasteiger partial charge in [0, 0.05) is 6.20 Å². The van der Waals surface area contributed by atoms with Gasteiger partial charge in [0.1, 0.15) is 6.61 Å². The minimum Gasteiger partial charge on any atom is -0.396 e. The molecule has 5 N–H and O–H groups in total.